The van der Waals surface area contributed by atoms with E-state index in [1.54, 1.807) is 24.3 Å². The van der Waals surface area contributed by atoms with Crippen molar-refractivity contribution < 1.29 is 4.79 Å². The van der Waals surface area contributed by atoms with E-state index < -0.39 is 0 Å². The lowest BCUT2D eigenvalue weighted by Gasteiger charge is -2.30. The summed E-state index contributed by atoms with van der Waals surface area (Å²) in [7, 11) is 4.01. The molecule has 0 spiro atoms. The number of nitrogens with two attached hydrogens (primary N) is 1. The Labute approximate surface area is 126 Å². The molecule has 1 aromatic rings. The summed E-state index contributed by atoms with van der Waals surface area (Å²) in [6.07, 6.45) is 0. The Balaban J connectivity index is 2.88. The highest BCUT2D eigenvalue weighted by molar-refractivity contribution is 7.80. The van der Waals surface area contributed by atoms with E-state index in [9.17, 15) is 4.79 Å². The van der Waals surface area contributed by atoms with Crippen molar-refractivity contribution in [2.24, 2.45) is 5.73 Å². The van der Waals surface area contributed by atoms with Crippen LogP contribution in [-0.2, 0) is 0 Å². The Hall–Kier alpha value is -1.46. The fourth-order valence-corrected chi connectivity index (χ4v) is 2.36. The number of thiocarbonyl (C=S) groups is 1. The minimum atomic E-state index is 0.0383. The van der Waals surface area contributed by atoms with Crippen molar-refractivity contribution in [3.8, 4) is 0 Å². The van der Waals surface area contributed by atoms with Gasteiger partial charge < -0.3 is 15.5 Å². The van der Waals surface area contributed by atoms with E-state index in [0.29, 0.717) is 17.1 Å². The summed E-state index contributed by atoms with van der Waals surface area (Å²) in [6.45, 7) is 5.58. The first-order valence-corrected chi connectivity index (χ1v) is 7.13. The normalized spacial score (nSPS) is 12.2. The van der Waals surface area contributed by atoms with Gasteiger partial charge in [-0.25, -0.2) is 0 Å². The minimum Gasteiger partial charge on any atom is -0.389 e. The van der Waals surface area contributed by atoms with Crippen LogP contribution in [0, 0.1) is 0 Å². The highest BCUT2D eigenvalue weighted by Gasteiger charge is 2.20. The van der Waals surface area contributed by atoms with Crippen LogP contribution in [-0.4, -0.2) is 53.9 Å². The summed E-state index contributed by atoms with van der Waals surface area (Å²) in [6, 6.07) is 7.31. The maximum absolute atomic E-state index is 12.5. The minimum absolute atomic E-state index is 0.0383. The van der Waals surface area contributed by atoms with Crippen LogP contribution in [0.4, 0.5) is 0 Å². The zero-order valence-corrected chi connectivity index (χ0v) is 13.4. The molecule has 0 aromatic heterocycles. The van der Waals surface area contributed by atoms with Gasteiger partial charge in [0.15, 0.2) is 0 Å². The average Bonchev–Trinajstić information content (AvgIpc) is 2.38. The van der Waals surface area contributed by atoms with Crippen molar-refractivity contribution in [2.75, 3.05) is 27.2 Å². The van der Waals surface area contributed by atoms with Crippen molar-refractivity contribution in [1.29, 1.82) is 0 Å². The van der Waals surface area contributed by atoms with Crippen LogP contribution >= 0.6 is 12.2 Å². The topological polar surface area (TPSA) is 49.6 Å². The van der Waals surface area contributed by atoms with Crippen LogP contribution < -0.4 is 5.73 Å². The van der Waals surface area contributed by atoms with Gasteiger partial charge in [-0.1, -0.05) is 24.4 Å². The van der Waals surface area contributed by atoms with Crippen LogP contribution in [0.15, 0.2) is 24.3 Å². The van der Waals surface area contributed by atoms with Gasteiger partial charge in [-0.15, -0.1) is 0 Å². The van der Waals surface area contributed by atoms with Crippen LogP contribution in [0.25, 0.3) is 0 Å². The van der Waals surface area contributed by atoms with Gasteiger partial charge in [0.1, 0.15) is 4.99 Å². The maximum atomic E-state index is 12.5. The van der Waals surface area contributed by atoms with Gasteiger partial charge >= 0.3 is 0 Å². The number of carbonyl (C=O) groups excluding carboxylic acids is 1. The van der Waals surface area contributed by atoms with Gasteiger partial charge in [0.2, 0.25) is 0 Å². The molecular formula is C15H23N3OS. The molecule has 0 saturated heterocycles. The Kier molecular flexibility index (Phi) is 6.10. The Morgan fingerprint density at radius 3 is 2.15 bits per heavy atom. The average molecular weight is 293 g/mol. The van der Waals surface area contributed by atoms with Crippen LogP contribution in [0.3, 0.4) is 0 Å². The monoisotopic (exact) mass is 293 g/mol. The van der Waals surface area contributed by atoms with Gasteiger partial charge in [-0.3, -0.25) is 4.79 Å². The van der Waals surface area contributed by atoms with Gasteiger partial charge in [0.25, 0.3) is 5.91 Å². The van der Waals surface area contributed by atoms with Gasteiger partial charge in [0, 0.05) is 30.3 Å². The summed E-state index contributed by atoms with van der Waals surface area (Å²) in [5.41, 5.74) is 7.00. The molecule has 0 saturated carbocycles. The molecule has 4 nitrogen and oxygen atoms in total. The molecule has 1 unspecified atom stereocenters. The molecule has 5 heteroatoms. The van der Waals surface area contributed by atoms with Crippen LogP contribution in [0.5, 0.6) is 0 Å². The van der Waals surface area contributed by atoms with E-state index in [4.69, 9.17) is 18.0 Å². The third-order valence-electron chi connectivity index (χ3n) is 3.18. The largest absolute Gasteiger partial charge is 0.389 e. The van der Waals surface area contributed by atoms with Gasteiger partial charge in [-0.05, 0) is 40.1 Å². The first-order valence-electron chi connectivity index (χ1n) is 6.72. The second kappa shape index (κ2) is 7.36. The van der Waals surface area contributed by atoms with Crippen molar-refractivity contribution in [1.82, 2.24) is 9.80 Å². The number of nitrogens with zero attached hydrogens (tertiary/aromatic N) is 2. The molecule has 1 aromatic carbocycles. The fraction of sp³-hybridized carbons (Fsp3) is 0.467. The van der Waals surface area contributed by atoms with E-state index in [0.717, 1.165) is 12.1 Å². The van der Waals surface area contributed by atoms with Gasteiger partial charge in [-0.2, -0.15) is 0 Å². The highest BCUT2D eigenvalue weighted by Crippen LogP contribution is 2.11. The molecule has 20 heavy (non-hydrogen) atoms. The molecule has 0 radical (unpaired) electrons. The third kappa shape index (κ3) is 4.28. The van der Waals surface area contributed by atoms with E-state index in [1.807, 2.05) is 25.9 Å². The number of hydrogen-bond donors (Lipinski definition) is 1. The molecular weight excluding hydrogens is 270 g/mol. The summed E-state index contributed by atoms with van der Waals surface area (Å²) < 4.78 is 0. The quantitative estimate of drug-likeness (QED) is 0.812. The van der Waals surface area contributed by atoms with E-state index in [-0.39, 0.29) is 11.9 Å². The number of amides is 1. The Morgan fingerprint density at radius 2 is 1.75 bits per heavy atom. The fourth-order valence-electron chi connectivity index (χ4n) is 2.23. The zero-order valence-electron chi connectivity index (χ0n) is 12.6. The molecule has 2 N–H and O–H groups in total. The van der Waals surface area contributed by atoms with Crippen molar-refractivity contribution >= 4 is 23.1 Å². The predicted octanol–water partition coefficient (Wildman–Crippen LogP) is 1.73. The lowest BCUT2D eigenvalue weighted by atomic mass is 10.1. The number of likely N-dealkylation sites (N-methyl/N-ethyl adjacent to an activating group) is 2. The molecule has 0 heterocycles. The molecule has 0 aliphatic carbocycles. The first-order chi connectivity index (χ1) is 9.36. The van der Waals surface area contributed by atoms with E-state index in [2.05, 4.69) is 11.8 Å². The Bertz CT molecular complexity index is 471. The number of benzene rings is 1. The van der Waals surface area contributed by atoms with Crippen molar-refractivity contribution in [3.05, 3.63) is 35.4 Å². The van der Waals surface area contributed by atoms with Crippen molar-refractivity contribution in [2.45, 2.75) is 19.9 Å². The molecule has 1 atom stereocenters. The summed E-state index contributed by atoms with van der Waals surface area (Å²) >= 11 is 4.91. The number of rotatable bonds is 6. The SMILES string of the molecule is CCN(C(=O)c1ccc(C(N)=S)cc1)C(C)CN(C)C. The molecule has 110 valence electrons. The molecule has 1 rings (SSSR count). The number of hydrogen-bond acceptors (Lipinski definition) is 3. The standard InChI is InChI=1S/C15H23N3OS/c1-5-18(11(2)10-17(3)4)15(19)13-8-6-12(7-9-13)14(16)20/h6-9,11H,5,10H2,1-4H3,(H2,16,20). The molecule has 0 aliphatic rings. The lowest BCUT2D eigenvalue weighted by molar-refractivity contribution is 0.0679. The summed E-state index contributed by atoms with van der Waals surface area (Å²) in [5, 5.41) is 0. The zero-order chi connectivity index (χ0) is 15.3. The number of carbonyl (C=O) groups is 1. The third-order valence-corrected chi connectivity index (χ3v) is 3.42. The maximum Gasteiger partial charge on any atom is 0.254 e. The highest BCUT2D eigenvalue weighted by atomic mass is 32.1. The molecule has 0 fully saturated rings. The van der Waals surface area contributed by atoms with E-state index >= 15 is 0 Å². The predicted molar refractivity (Wildman–Crippen MR) is 87.1 cm³/mol. The van der Waals surface area contributed by atoms with Crippen LogP contribution in [0.2, 0.25) is 0 Å². The first kappa shape index (κ1) is 16.6. The van der Waals surface area contributed by atoms with Crippen molar-refractivity contribution in [3.63, 3.8) is 0 Å². The summed E-state index contributed by atoms with van der Waals surface area (Å²) in [5.74, 6) is 0.0383. The summed E-state index contributed by atoms with van der Waals surface area (Å²) in [4.78, 5) is 16.8. The van der Waals surface area contributed by atoms with Crippen LogP contribution in [0.1, 0.15) is 29.8 Å². The second-order valence-electron chi connectivity index (χ2n) is 5.14. The van der Waals surface area contributed by atoms with E-state index in [1.165, 1.54) is 0 Å². The molecule has 0 bridgehead atoms. The second-order valence-corrected chi connectivity index (χ2v) is 5.58. The molecule has 1 amide bonds. The smallest absolute Gasteiger partial charge is 0.254 e. The Morgan fingerprint density at radius 1 is 1.25 bits per heavy atom. The lowest BCUT2D eigenvalue weighted by Crippen LogP contribution is -2.43. The molecule has 0 aliphatic heterocycles. The van der Waals surface area contributed by atoms with Gasteiger partial charge in [0.05, 0.1) is 0 Å².